The van der Waals surface area contributed by atoms with E-state index in [0.717, 1.165) is 6.07 Å². The van der Waals surface area contributed by atoms with E-state index in [9.17, 15) is 13.2 Å². The van der Waals surface area contributed by atoms with Crippen LogP contribution in [0.3, 0.4) is 0 Å². The van der Waals surface area contributed by atoms with Gasteiger partial charge in [0.05, 0.1) is 12.2 Å². The maximum Gasteiger partial charge on any atom is 0.417 e. The van der Waals surface area contributed by atoms with E-state index >= 15 is 0 Å². The Kier molecular flexibility index (Phi) is 3.84. The summed E-state index contributed by atoms with van der Waals surface area (Å²) in [6.45, 7) is 0.768. The highest BCUT2D eigenvalue weighted by molar-refractivity contribution is 5.61. The molecule has 4 nitrogen and oxygen atoms in total. The van der Waals surface area contributed by atoms with Gasteiger partial charge in [0.15, 0.2) is 5.82 Å². The van der Waals surface area contributed by atoms with Crippen LogP contribution in [0.5, 0.6) is 0 Å². The predicted molar refractivity (Wildman–Crippen MR) is 62.3 cm³/mol. The predicted octanol–water partition coefficient (Wildman–Crippen LogP) is 2.61. The van der Waals surface area contributed by atoms with E-state index in [-0.39, 0.29) is 11.4 Å². The van der Waals surface area contributed by atoms with Crippen LogP contribution in [-0.4, -0.2) is 28.5 Å². The fraction of sp³-hybridized carbons (Fsp3) is 0.333. The van der Waals surface area contributed by atoms with Crippen molar-refractivity contribution in [1.29, 1.82) is 0 Å². The maximum absolute atomic E-state index is 12.9. The van der Waals surface area contributed by atoms with E-state index < -0.39 is 11.7 Å². The van der Waals surface area contributed by atoms with Gasteiger partial charge in [0.25, 0.3) is 0 Å². The van der Waals surface area contributed by atoms with E-state index in [1.165, 1.54) is 30.1 Å². The van der Waals surface area contributed by atoms with E-state index in [0.29, 0.717) is 13.2 Å². The standard InChI is InChI=1S/C12H12F3N3O/c1-19-7-6-18-8-16-17-11(18)9-4-2-3-5-10(9)12(13,14)15/h2-5,8H,6-7H2,1H3. The van der Waals surface area contributed by atoms with Gasteiger partial charge in [-0.25, -0.2) is 0 Å². The van der Waals surface area contributed by atoms with Crippen molar-refractivity contribution in [3.63, 3.8) is 0 Å². The monoisotopic (exact) mass is 271 g/mol. The van der Waals surface area contributed by atoms with Crippen LogP contribution in [-0.2, 0) is 17.5 Å². The molecule has 1 heterocycles. The Balaban J connectivity index is 2.45. The summed E-state index contributed by atoms with van der Waals surface area (Å²) in [7, 11) is 1.52. The molecule has 0 spiro atoms. The van der Waals surface area contributed by atoms with Crippen LogP contribution in [0.2, 0.25) is 0 Å². The highest BCUT2D eigenvalue weighted by Gasteiger charge is 2.34. The zero-order chi connectivity index (χ0) is 13.9. The first-order valence-electron chi connectivity index (χ1n) is 5.57. The minimum absolute atomic E-state index is 0.0172. The summed E-state index contributed by atoms with van der Waals surface area (Å²) in [5.74, 6) is 0.185. The molecule has 19 heavy (non-hydrogen) atoms. The minimum Gasteiger partial charge on any atom is -0.383 e. The molecule has 0 aliphatic heterocycles. The first-order chi connectivity index (χ1) is 9.04. The average molecular weight is 271 g/mol. The zero-order valence-electron chi connectivity index (χ0n) is 10.2. The molecule has 1 aromatic carbocycles. The van der Waals surface area contributed by atoms with Gasteiger partial charge < -0.3 is 9.30 Å². The van der Waals surface area contributed by atoms with Gasteiger partial charge in [-0.1, -0.05) is 18.2 Å². The van der Waals surface area contributed by atoms with Gasteiger partial charge in [0, 0.05) is 19.2 Å². The zero-order valence-corrected chi connectivity index (χ0v) is 10.2. The summed E-state index contributed by atoms with van der Waals surface area (Å²) >= 11 is 0. The quantitative estimate of drug-likeness (QED) is 0.858. The summed E-state index contributed by atoms with van der Waals surface area (Å²) in [5.41, 5.74) is -0.703. The van der Waals surface area contributed by atoms with Gasteiger partial charge in [0.2, 0.25) is 0 Å². The van der Waals surface area contributed by atoms with E-state index in [4.69, 9.17) is 4.74 Å². The molecule has 0 atom stereocenters. The number of methoxy groups -OCH3 is 1. The molecule has 0 amide bonds. The third-order valence-electron chi connectivity index (χ3n) is 2.63. The van der Waals surface area contributed by atoms with Crippen LogP contribution in [0, 0.1) is 0 Å². The number of halogens is 3. The van der Waals surface area contributed by atoms with Crippen molar-refractivity contribution < 1.29 is 17.9 Å². The molecule has 0 saturated carbocycles. The normalized spacial score (nSPS) is 11.8. The largest absolute Gasteiger partial charge is 0.417 e. The van der Waals surface area contributed by atoms with Crippen molar-refractivity contribution in [3.8, 4) is 11.4 Å². The molecule has 0 N–H and O–H groups in total. The van der Waals surface area contributed by atoms with Crippen LogP contribution in [0.25, 0.3) is 11.4 Å². The van der Waals surface area contributed by atoms with Crippen molar-refractivity contribution in [3.05, 3.63) is 36.2 Å². The Bertz CT molecular complexity index is 551. The van der Waals surface area contributed by atoms with Crippen molar-refractivity contribution in [2.45, 2.75) is 12.7 Å². The van der Waals surface area contributed by atoms with Crippen molar-refractivity contribution >= 4 is 0 Å². The molecule has 0 unspecified atom stereocenters. The lowest BCUT2D eigenvalue weighted by atomic mass is 10.1. The molecule has 0 saturated heterocycles. The van der Waals surface area contributed by atoms with Crippen LogP contribution < -0.4 is 0 Å². The van der Waals surface area contributed by atoms with E-state index in [2.05, 4.69) is 10.2 Å². The first kappa shape index (κ1) is 13.5. The molecule has 1 aromatic heterocycles. The molecule has 0 aliphatic carbocycles. The van der Waals surface area contributed by atoms with Crippen LogP contribution in [0.4, 0.5) is 13.2 Å². The molecule has 0 bridgehead atoms. The number of nitrogens with zero attached hydrogens (tertiary/aromatic N) is 3. The number of aromatic nitrogens is 3. The van der Waals surface area contributed by atoms with E-state index in [1.807, 2.05) is 0 Å². The SMILES string of the molecule is COCCn1cnnc1-c1ccccc1C(F)(F)F. The highest BCUT2D eigenvalue weighted by atomic mass is 19.4. The summed E-state index contributed by atoms with van der Waals surface area (Å²) in [6, 6.07) is 5.31. The van der Waals surface area contributed by atoms with Gasteiger partial charge in [-0.15, -0.1) is 10.2 Å². The number of hydrogen-bond donors (Lipinski definition) is 0. The number of alkyl halides is 3. The number of benzene rings is 1. The Hall–Kier alpha value is -1.89. The van der Waals surface area contributed by atoms with Crippen molar-refractivity contribution in [2.24, 2.45) is 0 Å². The lowest BCUT2D eigenvalue weighted by Crippen LogP contribution is -2.10. The molecule has 0 fully saturated rings. The third-order valence-corrected chi connectivity index (χ3v) is 2.63. The maximum atomic E-state index is 12.9. The van der Waals surface area contributed by atoms with Gasteiger partial charge >= 0.3 is 6.18 Å². The number of rotatable bonds is 4. The lowest BCUT2D eigenvalue weighted by Gasteiger charge is -2.12. The molecular weight excluding hydrogens is 259 g/mol. The fourth-order valence-electron chi connectivity index (χ4n) is 1.74. The molecule has 102 valence electrons. The van der Waals surface area contributed by atoms with Crippen LogP contribution in [0.15, 0.2) is 30.6 Å². The van der Waals surface area contributed by atoms with Crippen LogP contribution in [0.1, 0.15) is 5.56 Å². The molecule has 0 radical (unpaired) electrons. The molecule has 2 aromatic rings. The molecule has 7 heteroatoms. The first-order valence-corrected chi connectivity index (χ1v) is 5.57. The van der Waals surface area contributed by atoms with Crippen molar-refractivity contribution in [2.75, 3.05) is 13.7 Å². The highest BCUT2D eigenvalue weighted by Crippen LogP contribution is 2.36. The average Bonchev–Trinajstić information content (AvgIpc) is 2.83. The number of hydrogen-bond acceptors (Lipinski definition) is 3. The Morgan fingerprint density at radius 1 is 1.26 bits per heavy atom. The fourth-order valence-corrected chi connectivity index (χ4v) is 1.74. The van der Waals surface area contributed by atoms with Gasteiger partial charge in [-0.05, 0) is 6.07 Å². The third kappa shape index (κ3) is 2.93. The summed E-state index contributed by atoms with van der Waals surface area (Å²) in [6.07, 6.45) is -3.03. The topological polar surface area (TPSA) is 39.9 Å². The molecule has 2 rings (SSSR count). The summed E-state index contributed by atoms with van der Waals surface area (Å²) in [5, 5.41) is 7.44. The summed E-state index contributed by atoms with van der Waals surface area (Å²) < 4.78 is 45.3. The second kappa shape index (κ2) is 5.40. The Morgan fingerprint density at radius 2 is 2.00 bits per heavy atom. The Morgan fingerprint density at radius 3 is 2.68 bits per heavy atom. The Labute approximate surface area is 107 Å². The smallest absolute Gasteiger partial charge is 0.383 e. The van der Waals surface area contributed by atoms with E-state index in [1.54, 1.807) is 6.07 Å². The van der Waals surface area contributed by atoms with Gasteiger partial charge in [-0.2, -0.15) is 13.2 Å². The minimum atomic E-state index is -4.42. The number of ether oxygens (including phenoxy) is 1. The van der Waals surface area contributed by atoms with Crippen molar-refractivity contribution in [1.82, 2.24) is 14.8 Å². The second-order valence-corrected chi connectivity index (χ2v) is 3.88. The summed E-state index contributed by atoms with van der Waals surface area (Å²) in [4.78, 5) is 0. The van der Waals surface area contributed by atoms with Gasteiger partial charge in [0.1, 0.15) is 6.33 Å². The van der Waals surface area contributed by atoms with Crippen LogP contribution >= 0.6 is 0 Å². The molecular formula is C12H12F3N3O. The van der Waals surface area contributed by atoms with Gasteiger partial charge in [-0.3, -0.25) is 0 Å². The molecule has 0 aliphatic rings. The second-order valence-electron chi connectivity index (χ2n) is 3.88. The lowest BCUT2D eigenvalue weighted by molar-refractivity contribution is -0.137.